The third-order valence-corrected chi connectivity index (χ3v) is 6.49. The number of hydrogen-bond donors (Lipinski definition) is 1. The minimum Gasteiger partial charge on any atom is -0.465 e. The number of ether oxygens (including phenoxy) is 1. The van der Waals surface area contributed by atoms with E-state index in [0.29, 0.717) is 31.8 Å². The Labute approximate surface area is 149 Å². The smallest absolute Gasteiger partial charge is 0.342 e. The van der Waals surface area contributed by atoms with Gasteiger partial charge in [0.25, 0.3) is 0 Å². The zero-order valence-corrected chi connectivity index (χ0v) is 16.0. The number of nitrogens with two attached hydrogens (primary N) is 1. The topological polar surface area (TPSA) is 103 Å². The minimum atomic E-state index is -3.81. The zero-order chi connectivity index (χ0) is 17.4. The van der Waals surface area contributed by atoms with Crippen molar-refractivity contribution in [3.63, 3.8) is 0 Å². The normalized spacial score (nSPS) is 18.0. The average Bonchev–Trinajstić information content (AvgIpc) is 2.81. The number of furan rings is 1. The Kier molecular flexibility index (Phi) is 6.86. The lowest BCUT2D eigenvalue weighted by Crippen LogP contribution is -2.42. The largest absolute Gasteiger partial charge is 0.465 e. The molecule has 2 N–H and O–H groups in total. The standard InChI is InChI=1S/C15H24N2O5S.ClH/c1-9(16)12-5-7-17(8-6-12)23(19,20)14-11(3)22-10(2)13(14)15(18)21-4;/h9,12H,5-8,16H2,1-4H3;1H. The van der Waals surface area contributed by atoms with Gasteiger partial charge >= 0.3 is 5.97 Å². The quantitative estimate of drug-likeness (QED) is 0.799. The molecule has 9 heteroatoms. The zero-order valence-electron chi connectivity index (χ0n) is 14.4. The summed E-state index contributed by atoms with van der Waals surface area (Å²) in [5, 5.41) is 0. The predicted octanol–water partition coefficient (Wildman–Crippen LogP) is 1.85. The third kappa shape index (κ3) is 3.77. The van der Waals surface area contributed by atoms with Crippen LogP contribution in [0.5, 0.6) is 0 Å². The number of aryl methyl sites for hydroxylation is 2. The summed E-state index contributed by atoms with van der Waals surface area (Å²) in [4.78, 5) is 11.9. The molecule has 24 heavy (non-hydrogen) atoms. The van der Waals surface area contributed by atoms with Crippen LogP contribution >= 0.6 is 12.4 Å². The van der Waals surface area contributed by atoms with E-state index in [1.807, 2.05) is 6.92 Å². The molecular formula is C15H25ClN2O5S. The average molecular weight is 381 g/mol. The van der Waals surface area contributed by atoms with Crippen molar-refractivity contribution in [3.8, 4) is 0 Å². The highest BCUT2D eigenvalue weighted by Crippen LogP contribution is 2.32. The first kappa shape index (κ1) is 21.0. The first-order valence-corrected chi connectivity index (χ1v) is 9.08. The molecule has 2 heterocycles. The Morgan fingerprint density at radius 1 is 1.29 bits per heavy atom. The first-order chi connectivity index (χ1) is 10.7. The number of piperidine rings is 1. The fourth-order valence-corrected chi connectivity index (χ4v) is 4.92. The Morgan fingerprint density at radius 3 is 2.29 bits per heavy atom. The number of rotatable bonds is 4. The molecule has 1 fully saturated rings. The SMILES string of the molecule is COC(=O)c1c(C)oc(C)c1S(=O)(=O)N1CCC(C(C)N)CC1.Cl. The van der Waals surface area contributed by atoms with Crippen molar-refractivity contribution >= 4 is 28.4 Å². The van der Waals surface area contributed by atoms with Crippen LogP contribution in [-0.4, -0.2) is 44.9 Å². The van der Waals surface area contributed by atoms with Gasteiger partial charge in [-0.3, -0.25) is 0 Å². The van der Waals surface area contributed by atoms with Gasteiger partial charge in [0.1, 0.15) is 22.0 Å². The van der Waals surface area contributed by atoms with Crippen LogP contribution in [0, 0.1) is 19.8 Å². The second-order valence-electron chi connectivity index (χ2n) is 6.01. The van der Waals surface area contributed by atoms with Gasteiger partial charge in [-0.15, -0.1) is 12.4 Å². The van der Waals surface area contributed by atoms with Crippen LogP contribution in [0.4, 0.5) is 0 Å². The van der Waals surface area contributed by atoms with Crippen LogP contribution in [0.1, 0.15) is 41.6 Å². The lowest BCUT2D eigenvalue weighted by molar-refractivity contribution is 0.0594. The Morgan fingerprint density at radius 2 is 1.83 bits per heavy atom. The number of nitrogens with zero attached hydrogens (tertiary/aromatic N) is 1. The Hall–Kier alpha value is -1.09. The van der Waals surface area contributed by atoms with E-state index in [-0.39, 0.29) is 40.4 Å². The summed E-state index contributed by atoms with van der Waals surface area (Å²) < 4.78 is 37.4. The monoisotopic (exact) mass is 380 g/mol. The highest BCUT2D eigenvalue weighted by molar-refractivity contribution is 7.89. The molecule has 0 amide bonds. The molecule has 0 bridgehead atoms. The molecule has 0 aromatic carbocycles. The second-order valence-corrected chi connectivity index (χ2v) is 7.89. The van der Waals surface area contributed by atoms with Gasteiger partial charge in [0.2, 0.25) is 10.0 Å². The minimum absolute atomic E-state index is 0. The van der Waals surface area contributed by atoms with E-state index in [0.717, 1.165) is 0 Å². The lowest BCUT2D eigenvalue weighted by atomic mass is 9.92. The van der Waals surface area contributed by atoms with Gasteiger partial charge in [0.05, 0.1) is 7.11 Å². The second kappa shape index (κ2) is 7.86. The molecular weight excluding hydrogens is 356 g/mol. The van der Waals surface area contributed by atoms with Gasteiger partial charge in [-0.2, -0.15) is 4.31 Å². The molecule has 1 atom stereocenters. The molecule has 7 nitrogen and oxygen atoms in total. The molecule has 1 aliphatic rings. The summed E-state index contributed by atoms with van der Waals surface area (Å²) >= 11 is 0. The predicted molar refractivity (Wildman–Crippen MR) is 91.9 cm³/mol. The van der Waals surface area contributed by atoms with Crippen LogP contribution < -0.4 is 5.73 Å². The molecule has 0 aliphatic carbocycles. The molecule has 1 aliphatic heterocycles. The van der Waals surface area contributed by atoms with Gasteiger partial charge in [0.15, 0.2) is 0 Å². The maximum atomic E-state index is 13.0. The third-order valence-electron chi connectivity index (χ3n) is 4.43. The molecule has 0 spiro atoms. The van der Waals surface area contributed by atoms with Crippen LogP contribution in [0.3, 0.4) is 0 Å². The van der Waals surface area contributed by atoms with Crippen LogP contribution in [0.25, 0.3) is 0 Å². The van der Waals surface area contributed by atoms with Gasteiger partial charge in [-0.05, 0) is 39.5 Å². The summed E-state index contributed by atoms with van der Waals surface area (Å²) in [5.41, 5.74) is 5.88. The van der Waals surface area contributed by atoms with Gasteiger partial charge in [-0.1, -0.05) is 0 Å². The van der Waals surface area contributed by atoms with E-state index in [4.69, 9.17) is 14.9 Å². The van der Waals surface area contributed by atoms with E-state index in [1.165, 1.54) is 11.4 Å². The van der Waals surface area contributed by atoms with E-state index in [2.05, 4.69) is 0 Å². The fourth-order valence-electron chi connectivity index (χ4n) is 3.08. The highest BCUT2D eigenvalue weighted by atomic mass is 35.5. The van der Waals surface area contributed by atoms with Crippen molar-refractivity contribution in [2.24, 2.45) is 11.7 Å². The number of hydrogen-bond acceptors (Lipinski definition) is 6. The number of carbonyl (C=O) groups is 1. The molecule has 1 saturated heterocycles. The van der Waals surface area contributed by atoms with Gasteiger partial charge in [0, 0.05) is 19.1 Å². The molecule has 0 radical (unpaired) electrons. The number of halogens is 1. The molecule has 1 unspecified atom stereocenters. The summed E-state index contributed by atoms with van der Waals surface area (Å²) in [6.45, 7) is 5.81. The van der Waals surface area contributed by atoms with Crippen molar-refractivity contribution in [1.29, 1.82) is 0 Å². The van der Waals surface area contributed by atoms with E-state index in [1.54, 1.807) is 13.8 Å². The van der Waals surface area contributed by atoms with Crippen LogP contribution in [0.2, 0.25) is 0 Å². The van der Waals surface area contributed by atoms with Crippen LogP contribution in [0.15, 0.2) is 9.31 Å². The number of sulfonamides is 1. The maximum Gasteiger partial charge on any atom is 0.342 e. The lowest BCUT2D eigenvalue weighted by Gasteiger charge is -2.32. The maximum absolute atomic E-state index is 13.0. The molecule has 1 aromatic rings. The Balaban J connectivity index is 0.00000288. The molecule has 1 aromatic heterocycles. The van der Waals surface area contributed by atoms with E-state index in [9.17, 15) is 13.2 Å². The van der Waals surface area contributed by atoms with Crippen molar-refractivity contribution in [2.75, 3.05) is 20.2 Å². The van der Waals surface area contributed by atoms with Crippen LogP contribution in [-0.2, 0) is 14.8 Å². The molecule has 0 saturated carbocycles. The van der Waals surface area contributed by atoms with Crippen molar-refractivity contribution < 1.29 is 22.4 Å². The van der Waals surface area contributed by atoms with E-state index >= 15 is 0 Å². The first-order valence-electron chi connectivity index (χ1n) is 7.64. The fraction of sp³-hybridized carbons (Fsp3) is 0.667. The van der Waals surface area contributed by atoms with Gasteiger partial charge in [-0.25, -0.2) is 13.2 Å². The summed E-state index contributed by atoms with van der Waals surface area (Å²) in [5.74, 6) is 0.0627. The number of carbonyl (C=O) groups excluding carboxylic acids is 1. The molecule has 2 rings (SSSR count). The van der Waals surface area contributed by atoms with Crippen molar-refractivity contribution in [2.45, 2.75) is 44.6 Å². The Bertz CT molecular complexity index is 691. The van der Waals surface area contributed by atoms with E-state index < -0.39 is 16.0 Å². The molecule has 138 valence electrons. The number of methoxy groups -OCH3 is 1. The van der Waals surface area contributed by atoms with Crippen molar-refractivity contribution in [3.05, 3.63) is 17.1 Å². The summed E-state index contributed by atoms with van der Waals surface area (Å²) in [6, 6.07) is 0.0448. The summed E-state index contributed by atoms with van der Waals surface area (Å²) in [7, 11) is -2.59. The highest BCUT2D eigenvalue weighted by Gasteiger charge is 2.37. The van der Waals surface area contributed by atoms with Gasteiger partial charge < -0.3 is 14.9 Å². The number of esters is 1. The summed E-state index contributed by atoms with van der Waals surface area (Å²) in [6.07, 6.45) is 1.42. The van der Waals surface area contributed by atoms with Crippen molar-refractivity contribution in [1.82, 2.24) is 4.31 Å².